The topological polar surface area (TPSA) is 40.7 Å². The summed E-state index contributed by atoms with van der Waals surface area (Å²) in [5, 5.41) is 11.4. The molecule has 0 saturated carbocycles. The van der Waals surface area contributed by atoms with Crippen LogP contribution in [0.3, 0.4) is 0 Å². The Balaban J connectivity index is 1.76. The molecule has 3 aromatic rings. The lowest BCUT2D eigenvalue weighted by atomic mass is 10.2. The van der Waals surface area contributed by atoms with Crippen molar-refractivity contribution in [1.82, 2.24) is 10.2 Å². The van der Waals surface area contributed by atoms with Crippen molar-refractivity contribution < 1.29 is 0 Å². The van der Waals surface area contributed by atoms with Crippen LogP contribution in [0.2, 0.25) is 4.34 Å². The minimum absolute atomic E-state index is 0.763. The first-order chi connectivity index (χ1) is 8.72. The van der Waals surface area contributed by atoms with Crippen LogP contribution in [-0.4, -0.2) is 10.2 Å². The quantitative estimate of drug-likeness (QED) is 0.727. The fourth-order valence-electron chi connectivity index (χ4n) is 1.72. The average molecular weight is 343 g/mol. The molecule has 2 heterocycles. The Morgan fingerprint density at radius 2 is 2.28 bits per heavy atom. The summed E-state index contributed by atoms with van der Waals surface area (Å²) in [5.74, 6) is 0. The maximum absolute atomic E-state index is 6.01. The van der Waals surface area contributed by atoms with Gasteiger partial charge in [-0.1, -0.05) is 11.6 Å². The standard InChI is InChI=1S/C12H9BrClN3S/c13-10-4-9(18-12(10)14)6-15-8-1-2-11-7(3-8)5-16-17-11/h1-5,15H,6H2,(H,16,17). The predicted octanol–water partition coefficient (Wildman–Crippen LogP) is 4.65. The van der Waals surface area contributed by atoms with E-state index in [2.05, 4.69) is 37.5 Å². The molecule has 0 radical (unpaired) electrons. The normalized spacial score (nSPS) is 11.0. The number of nitrogens with one attached hydrogen (secondary N) is 2. The summed E-state index contributed by atoms with van der Waals surface area (Å²) < 4.78 is 1.74. The molecular weight excluding hydrogens is 334 g/mol. The second kappa shape index (κ2) is 4.91. The molecule has 3 nitrogen and oxygen atoms in total. The predicted molar refractivity (Wildman–Crippen MR) is 80.4 cm³/mol. The zero-order valence-electron chi connectivity index (χ0n) is 9.21. The Kier molecular flexibility index (Phi) is 3.28. The van der Waals surface area contributed by atoms with Gasteiger partial charge in [0.2, 0.25) is 0 Å². The third kappa shape index (κ3) is 2.39. The Morgan fingerprint density at radius 3 is 3.06 bits per heavy atom. The number of thiophene rings is 1. The van der Waals surface area contributed by atoms with Crippen molar-refractivity contribution in [3.8, 4) is 0 Å². The summed E-state index contributed by atoms with van der Waals surface area (Å²) >= 11 is 11.0. The van der Waals surface area contributed by atoms with Gasteiger partial charge in [0, 0.05) is 27.0 Å². The number of fused-ring (bicyclic) bond motifs is 1. The van der Waals surface area contributed by atoms with Crippen molar-refractivity contribution >= 4 is 55.5 Å². The third-order valence-corrected chi connectivity index (χ3v) is 5.08. The van der Waals surface area contributed by atoms with Crippen LogP contribution in [-0.2, 0) is 6.54 Å². The first-order valence-electron chi connectivity index (χ1n) is 5.33. The van der Waals surface area contributed by atoms with Crippen molar-refractivity contribution in [1.29, 1.82) is 0 Å². The summed E-state index contributed by atoms with van der Waals surface area (Å²) in [5.41, 5.74) is 2.12. The van der Waals surface area contributed by atoms with Gasteiger partial charge < -0.3 is 5.32 Å². The lowest BCUT2D eigenvalue weighted by Gasteiger charge is -2.04. The number of hydrogen-bond acceptors (Lipinski definition) is 3. The van der Waals surface area contributed by atoms with Gasteiger partial charge in [0.25, 0.3) is 0 Å². The van der Waals surface area contributed by atoms with Crippen molar-refractivity contribution in [3.63, 3.8) is 0 Å². The van der Waals surface area contributed by atoms with Crippen molar-refractivity contribution in [3.05, 3.63) is 44.1 Å². The monoisotopic (exact) mass is 341 g/mol. The van der Waals surface area contributed by atoms with Gasteiger partial charge in [-0.25, -0.2) is 0 Å². The van der Waals surface area contributed by atoms with E-state index in [1.807, 2.05) is 24.4 Å². The van der Waals surface area contributed by atoms with Crippen LogP contribution in [0.4, 0.5) is 5.69 Å². The number of nitrogens with zero attached hydrogens (tertiary/aromatic N) is 1. The SMILES string of the molecule is Clc1sc(CNc2ccc3[nH]ncc3c2)cc1Br. The molecule has 0 saturated heterocycles. The molecule has 0 amide bonds. The molecule has 18 heavy (non-hydrogen) atoms. The fraction of sp³-hybridized carbons (Fsp3) is 0.0833. The van der Waals surface area contributed by atoms with Crippen LogP contribution < -0.4 is 5.32 Å². The summed E-state index contributed by atoms with van der Waals surface area (Å²) in [6.45, 7) is 0.763. The van der Waals surface area contributed by atoms with Gasteiger partial charge in [0.1, 0.15) is 4.34 Å². The Hall–Kier alpha value is -1.04. The van der Waals surface area contributed by atoms with Gasteiger partial charge >= 0.3 is 0 Å². The largest absolute Gasteiger partial charge is 0.380 e. The van der Waals surface area contributed by atoms with Gasteiger partial charge in [0.15, 0.2) is 0 Å². The maximum atomic E-state index is 6.01. The van der Waals surface area contributed by atoms with E-state index in [1.54, 1.807) is 11.3 Å². The van der Waals surface area contributed by atoms with Crippen LogP contribution >= 0.6 is 38.9 Å². The minimum atomic E-state index is 0.763. The van der Waals surface area contributed by atoms with Crippen LogP contribution in [0.5, 0.6) is 0 Å². The van der Waals surface area contributed by atoms with E-state index in [9.17, 15) is 0 Å². The molecule has 92 valence electrons. The molecule has 1 aromatic carbocycles. The molecule has 0 unspecified atom stereocenters. The Labute approximate surface area is 121 Å². The maximum Gasteiger partial charge on any atom is 0.107 e. The number of rotatable bonds is 3. The van der Waals surface area contributed by atoms with E-state index in [1.165, 1.54) is 4.88 Å². The number of hydrogen-bond donors (Lipinski definition) is 2. The van der Waals surface area contributed by atoms with E-state index in [-0.39, 0.29) is 0 Å². The van der Waals surface area contributed by atoms with E-state index < -0.39 is 0 Å². The molecule has 0 atom stereocenters. The molecular formula is C12H9BrClN3S. The number of H-pyrrole nitrogens is 1. The highest BCUT2D eigenvalue weighted by Gasteiger charge is 2.04. The number of anilines is 1. The average Bonchev–Trinajstić information content (AvgIpc) is 2.94. The van der Waals surface area contributed by atoms with Gasteiger partial charge in [-0.15, -0.1) is 11.3 Å². The number of halogens is 2. The van der Waals surface area contributed by atoms with Crippen molar-refractivity contribution in [2.45, 2.75) is 6.54 Å². The second-order valence-electron chi connectivity index (χ2n) is 3.86. The summed E-state index contributed by atoms with van der Waals surface area (Å²) in [6, 6.07) is 8.16. The highest BCUT2D eigenvalue weighted by atomic mass is 79.9. The minimum Gasteiger partial charge on any atom is -0.380 e. The van der Waals surface area contributed by atoms with Crippen LogP contribution in [0.15, 0.2) is 34.9 Å². The van der Waals surface area contributed by atoms with Gasteiger partial charge in [-0.3, -0.25) is 5.10 Å². The first kappa shape index (κ1) is 12.0. The van der Waals surface area contributed by atoms with Gasteiger partial charge in [-0.05, 0) is 40.2 Å². The van der Waals surface area contributed by atoms with E-state index in [0.29, 0.717) is 0 Å². The van der Waals surface area contributed by atoms with E-state index in [4.69, 9.17) is 11.6 Å². The Bertz CT molecular complexity index is 672. The van der Waals surface area contributed by atoms with Crippen LogP contribution in [0.25, 0.3) is 10.9 Å². The zero-order chi connectivity index (χ0) is 12.5. The molecule has 0 spiro atoms. The van der Waals surface area contributed by atoms with Gasteiger partial charge in [-0.2, -0.15) is 5.10 Å². The molecule has 0 aliphatic rings. The van der Waals surface area contributed by atoms with E-state index >= 15 is 0 Å². The van der Waals surface area contributed by atoms with Crippen molar-refractivity contribution in [2.24, 2.45) is 0 Å². The molecule has 0 fully saturated rings. The summed E-state index contributed by atoms with van der Waals surface area (Å²) in [7, 11) is 0. The summed E-state index contributed by atoms with van der Waals surface area (Å²) in [6.07, 6.45) is 1.82. The smallest absolute Gasteiger partial charge is 0.107 e. The summed E-state index contributed by atoms with van der Waals surface area (Å²) in [4.78, 5) is 1.19. The van der Waals surface area contributed by atoms with Gasteiger partial charge in [0.05, 0.1) is 11.7 Å². The van der Waals surface area contributed by atoms with Crippen molar-refractivity contribution in [2.75, 3.05) is 5.32 Å². The first-order valence-corrected chi connectivity index (χ1v) is 7.32. The molecule has 0 aliphatic carbocycles. The molecule has 2 N–H and O–H groups in total. The zero-order valence-corrected chi connectivity index (χ0v) is 12.4. The second-order valence-corrected chi connectivity index (χ2v) is 6.45. The lowest BCUT2D eigenvalue weighted by molar-refractivity contribution is 1.12. The lowest BCUT2D eigenvalue weighted by Crippen LogP contribution is -1.96. The highest BCUT2D eigenvalue weighted by molar-refractivity contribution is 9.10. The Morgan fingerprint density at radius 1 is 1.39 bits per heavy atom. The molecule has 0 bridgehead atoms. The van der Waals surface area contributed by atoms with Crippen LogP contribution in [0.1, 0.15) is 4.88 Å². The highest BCUT2D eigenvalue weighted by Crippen LogP contribution is 2.32. The molecule has 0 aliphatic heterocycles. The van der Waals surface area contributed by atoms with Crippen LogP contribution in [0, 0.1) is 0 Å². The van der Waals surface area contributed by atoms with E-state index in [0.717, 1.165) is 31.9 Å². The molecule has 2 aromatic heterocycles. The number of aromatic amines is 1. The molecule has 6 heteroatoms. The number of benzene rings is 1. The number of aromatic nitrogens is 2. The molecule has 3 rings (SSSR count). The third-order valence-electron chi connectivity index (χ3n) is 2.60. The fourth-order valence-corrected chi connectivity index (χ4v) is 3.45.